The summed E-state index contributed by atoms with van der Waals surface area (Å²) in [5.74, 6) is -0.662. The Morgan fingerprint density at radius 3 is 2.52 bits per heavy atom. The van der Waals surface area contributed by atoms with Crippen molar-refractivity contribution in [2.45, 2.75) is 10.4 Å². The molecule has 3 heterocycles. The summed E-state index contributed by atoms with van der Waals surface area (Å²) in [5.41, 5.74) is 1.56. The van der Waals surface area contributed by atoms with Gasteiger partial charge < -0.3 is 5.32 Å². The molecule has 0 bridgehead atoms. The van der Waals surface area contributed by atoms with Crippen molar-refractivity contribution in [2.24, 2.45) is 0 Å². The van der Waals surface area contributed by atoms with Crippen LogP contribution in [0.3, 0.4) is 0 Å². The molecule has 0 atom stereocenters. The number of hydrogen-bond donors (Lipinski definition) is 2. The van der Waals surface area contributed by atoms with Gasteiger partial charge in [0.15, 0.2) is 5.82 Å². The number of pyridine rings is 1. The fraction of sp³-hybridized carbons (Fsp3) is 0.133. The van der Waals surface area contributed by atoms with Crippen LogP contribution in [0.2, 0.25) is 10.4 Å². The second kappa shape index (κ2) is 7.23. The number of halogens is 1. The van der Waals surface area contributed by atoms with Crippen molar-refractivity contribution in [1.82, 2.24) is 25.4 Å². The average Bonchev–Trinajstić information content (AvgIpc) is 3.11. The monoisotopic (exact) mass is 368 g/mol. The van der Waals surface area contributed by atoms with Crippen LogP contribution in [-0.2, 0) is 10.0 Å². The van der Waals surface area contributed by atoms with Crippen LogP contribution >= 0.6 is 11.6 Å². The van der Waals surface area contributed by atoms with Gasteiger partial charge in [-0.1, -0.05) is 22.9 Å². The van der Waals surface area contributed by atoms with Gasteiger partial charge in [-0.2, -0.15) is 15.3 Å². The zero-order chi connectivity index (χ0) is 19.7. The molecule has 27 heavy (non-hydrogen) atoms. The van der Waals surface area contributed by atoms with E-state index in [1.165, 1.54) is 30.7 Å². The maximum absolute atomic E-state index is 12.6. The molecule has 0 spiro atoms. The number of aromatic amines is 1. The minimum atomic E-state index is -2.18. The summed E-state index contributed by atoms with van der Waals surface area (Å²) in [6.45, 7) is 0. The van der Waals surface area contributed by atoms with Crippen LogP contribution < -0.4 is 5.32 Å². The third-order valence-electron chi connectivity index (χ3n) is 3.98. The molecule has 0 aliphatic carbocycles. The van der Waals surface area contributed by atoms with Gasteiger partial charge in [0.2, 0.25) is 5.91 Å². The Morgan fingerprint density at radius 2 is 1.89 bits per heavy atom. The SMILES string of the molecule is [B]C([B])(C(=O)Nc1cc(-c2ccnnc2)[nH]n1)C([B])([B])c1ccc(Cl)nc1. The van der Waals surface area contributed by atoms with Crippen molar-refractivity contribution in [3.63, 3.8) is 0 Å². The van der Waals surface area contributed by atoms with Crippen molar-refractivity contribution < 1.29 is 4.79 Å². The molecule has 2 N–H and O–H groups in total. The maximum Gasteiger partial charge on any atom is 0.214 e. The quantitative estimate of drug-likeness (QED) is 0.505. The molecule has 3 aromatic heterocycles. The number of hydrogen-bond acceptors (Lipinski definition) is 5. The van der Waals surface area contributed by atoms with Crippen molar-refractivity contribution in [3.05, 3.63) is 53.6 Å². The van der Waals surface area contributed by atoms with E-state index in [-0.39, 0.29) is 16.5 Å². The predicted octanol–water partition coefficient (Wildman–Crippen LogP) is 0.497. The minimum Gasteiger partial charge on any atom is -0.310 e. The number of aromatic nitrogens is 5. The largest absolute Gasteiger partial charge is 0.310 e. The highest BCUT2D eigenvalue weighted by Crippen LogP contribution is 2.39. The summed E-state index contributed by atoms with van der Waals surface area (Å²) in [5, 5.41) is 12.8. The number of carbonyl (C=O) groups excluding carboxylic acids is 1. The van der Waals surface area contributed by atoms with Gasteiger partial charge in [-0.05, 0) is 22.9 Å². The standard InChI is InChI=1S/C15H9B4ClN6O/c16-14(17,9-1-2-11(20)21-7-9)15(18,19)13(27)24-12-5-10(25-26-12)8-3-4-22-23-6-8/h1-7H,(H2,24,25,26,27). The molecule has 12 heteroatoms. The van der Waals surface area contributed by atoms with E-state index < -0.39 is 16.3 Å². The second-order valence-corrected chi connectivity index (χ2v) is 6.25. The minimum absolute atomic E-state index is 0.178. The van der Waals surface area contributed by atoms with Crippen LogP contribution in [0.25, 0.3) is 11.3 Å². The lowest BCUT2D eigenvalue weighted by Gasteiger charge is -2.42. The summed E-state index contributed by atoms with van der Waals surface area (Å²) in [6.07, 6.45) is 4.36. The topological polar surface area (TPSA) is 96.5 Å². The zero-order valence-electron chi connectivity index (χ0n) is 13.9. The van der Waals surface area contributed by atoms with E-state index in [9.17, 15) is 4.79 Å². The molecule has 3 aromatic rings. The summed E-state index contributed by atoms with van der Waals surface area (Å²) in [7, 11) is 24.1. The molecule has 0 aromatic carbocycles. The Morgan fingerprint density at radius 1 is 1.11 bits per heavy atom. The summed E-state index contributed by atoms with van der Waals surface area (Å²) < 4.78 is 0. The third kappa shape index (κ3) is 3.78. The van der Waals surface area contributed by atoms with E-state index in [1.807, 2.05) is 0 Å². The first kappa shape index (κ1) is 19.2. The molecule has 0 fully saturated rings. The van der Waals surface area contributed by atoms with Gasteiger partial charge in [-0.25, -0.2) is 4.98 Å². The van der Waals surface area contributed by atoms with E-state index >= 15 is 0 Å². The predicted molar refractivity (Wildman–Crippen MR) is 105 cm³/mol. The van der Waals surface area contributed by atoms with Crippen LogP contribution in [0.1, 0.15) is 5.56 Å². The Hall–Kier alpha value is -2.54. The first-order chi connectivity index (χ1) is 12.7. The molecule has 1 amide bonds. The fourth-order valence-electron chi connectivity index (χ4n) is 2.25. The van der Waals surface area contributed by atoms with Crippen LogP contribution in [0.4, 0.5) is 5.82 Å². The van der Waals surface area contributed by atoms with E-state index in [1.54, 1.807) is 12.1 Å². The van der Waals surface area contributed by atoms with E-state index in [0.29, 0.717) is 5.69 Å². The van der Waals surface area contributed by atoms with Gasteiger partial charge in [0.05, 0.1) is 49.5 Å². The summed E-state index contributed by atoms with van der Waals surface area (Å²) in [4.78, 5) is 16.5. The lowest BCUT2D eigenvalue weighted by atomic mass is 9.28. The number of H-pyrrole nitrogens is 1. The average molecular weight is 368 g/mol. The number of nitrogens with zero attached hydrogens (tertiary/aromatic N) is 4. The lowest BCUT2D eigenvalue weighted by molar-refractivity contribution is -0.117. The van der Waals surface area contributed by atoms with E-state index in [0.717, 1.165) is 5.56 Å². The van der Waals surface area contributed by atoms with Crippen LogP contribution in [-0.4, -0.2) is 62.7 Å². The molecule has 0 aliphatic heterocycles. The Bertz CT molecular complexity index is 948. The Labute approximate surface area is 165 Å². The number of anilines is 1. The molecule has 7 nitrogen and oxygen atoms in total. The van der Waals surface area contributed by atoms with Crippen molar-refractivity contribution in [1.29, 1.82) is 0 Å². The molecule has 0 saturated heterocycles. The molecule has 3 rings (SSSR count). The van der Waals surface area contributed by atoms with Crippen molar-refractivity contribution in [2.75, 3.05) is 5.32 Å². The van der Waals surface area contributed by atoms with E-state index in [2.05, 4.69) is 30.7 Å². The molecular formula is C15H9B4ClN6O. The van der Waals surface area contributed by atoms with Gasteiger partial charge in [-0.15, -0.1) is 0 Å². The van der Waals surface area contributed by atoms with Gasteiger partial charge >= 0.3 is 0 Å². The van der Waals surface area contributed by atoms with Crippen molar-refractivity contribution in [3.8, 4) is 11.3 Å². The zero-order valence-corrected chi connectivity index (χ0v) is 14.7. The normalized spacial score (nSPS) is 11.9. The van der Waals surface area contributed by atoms with Gasteiger partial charge in [0, 0.05) is 17.8 Å². The highest BCUT2D eigenvalue weighted by molar-refractivity contribution is 6.62. The lowest BCUT2D eigenvalue weighted by Crippen LogP contribution is -2.50. The maximum atomic E-state index is 12.6. The Kier molecular flexibility index (Phi) is 5.15. The number of nitrogens with one attached hydrogen (secondary N) is 2. The van der Waals surface area contributed by atoms with Crippen LogP contribution in [0.5, 0.6) is 0 Å². The first-order valence-electron chi connectivity index (χ1n) is 7.63. The smallest absolute Gasteiger partial charge is 0.214 e. The number of amides is 1. The molecule has 0 aliphatic rings. The third-order valence-corrected chi connectivity index (χ3v) is 4.20. The molecule has 8 radical (unpaired) electrons. The number of carbonyl (C=O) groups is 1. The highest BCUT2D eigenvalue weighted by atomic mass is 35.5. The molecule has 124 valence electrons. The Balaban J connectivity index is 1.80. The summed E-state index contributed by atoms with van der Waals surface area (Å²) in [6, 6.07) is 6.24. The molecule has 0 unspecified atom stereocenters. The first-order valence-corrected chi connectivity index (χ1v) is 8.01. The van der Waals surface area contributed by atoms with Crippen molar-refractivity contribution >= 4 is 54.7 Å². The molecule has 0 saturated carbocycles. The fourth-order valence-corrected chi connectivity index (χ4v) is 2.36. The highest BCUT2D eigenvalue weighted by Gasteiger charge is 2.42. The van der Waals surface area contributed by atoms with E-state index in [4.69, 9.17) is 43.0 Å². The van der Waals surface area contributed by atoms with Gasteiger partial charge in [0.25, 0.3) is 0 Å². The summed E-state index contributed by atoms with van der Waals surface area (Å²) >= 11 is 5.74. The van der Waals surface area contributed by atoms with Crippen LogP contribution in [0.15, 0.2) is 42.9 Å². The second-order valence-electron chi connectivity index (χ2n) is 5.86. The number of rotatable bonds is 5. The van der Waals surface area contributed by atoms with Gasteiger partial charge in [0.1, 0.15) is 5.15 Å². The van der Waals surface area contributed by atoms with Crippen LogP contribution in [0, 0.1) is 0 Å². The molecular weight excluding hydrogens is 359 g/mol. The van der Waals surface area contributed by atoms with Gasteiger partial charge in [-0.3, -0.25) is 9.89 Å².